The number of rotatable bonds is 5. The van der Waals surface area contributed by atoms with E-state index in [4.69, 9.17) is 0 Å². The first kappa shape index (κ1) is 11.0. The van der Waals surface area contributed by atoms with Gasteiger partial charge in [0, 0.05) is 6.04 Å². The quantitative estimate of drug-likeness (QED) is 0.781. The number of aromatic nitrogens is 2. The van der Waals surface area contributed by atoms with Crippen molar-refractivity contribution in [3.63, 3.8) is 0 Å². The van der Waals surface area contributed by atoms with Crippen molar-refractivity contribution >= 4 is 5.82 Å². The fourth-order valence-electron chi connectivity index (χ4n) is 1.31. The summed E-state index contributed by atoms with van der Waals surface area (Å²) in [5.41, 5.74) is 1.04. The zero-order chi connectivity index (χ0) is 10.4. The fraction of sp³-hybridized carbons (Fsp3) is 0.636. The van der Waals surface area contributed by atoms with E-state index in [-0.39, 0.29) is 0 Å². The first-order valence-electron chi connectivity index (χ1n) is 5.37. The van der Waals surface area contributed by atoms with Gasteiger partial charge in [0.05, 0.1) is 18.1 Å². The van der Waals surface area contributed by atoms with Crippen LogP contribution in [0, 0.1) is 0 Å². The highest BCUT2D eigenvalue weighted by Crippen LogP contribution is 2.07. The summed E-state index contributed by atoms with van der Waals surface area (Å²) in [6.07, 6.45) is 6.83. The molecular weight excluding hydrogens is 174 g/mol. The Kier molecular flexibility index (Phi) is 4.36. The van der Waals surface area contributed by atoms with Gasteiger partial charge in [-0.25, -0.2) is 4.98 Å². The molecule has 14 heavy (non-hydrogen) atoms. The number of hydrogen-bond acceptors (Lipinski definition) is 3. The predicted molar refractivity (Wildman–Crippen MR) is 59.4 cm³/mol. The van der Waals surface area contributed by atoms with Crippen LogP contribution in [0.2, 0.25) is 0 Å². The van der Waals surface area contributed by atoms with Crippen molar-refractivity contribution in [2.45, 2.75) is 46.1 Å². The van der Waals surface area contributed by atoms with Gasteiger partial charge in [0.1, 0.15) is 5.82 Å². The maximum absolute atomic E-state index is 4.31. The second-order valence-electron chi connectivity index (χ2n) is 3.40. The predicted octanol–water partition coefficient (Wildman–Crippen LogP) is 2.64. The fourth-order valence-corrected chi connectivity index (χ4v) is 1.31. The van der Waals surface area contributed by atoms with E-state index in [1.54, 1.807) is 0 Å². The van der Waals surface area contributed by atoms with Gasteiger partial charge in [0.15, 0.2) is 0 Å². The minimum Gasteiger partial charge on any atom is -0.366 e. The van der Waals surface area contributed by atoms with E-state index in [9.17, 15) is 0 Å². The van der Waals surface area contributed by atoms with Gasteiger partial charge in [-0.2, -0.15) is 0 Å². The molecule has 78 valence electrons. The topological polar surface area (TPSA) is 37.8 Å². The van der Waals surface area contributed by atoms with Crippen LogP contribution in [0.4, 0.5) is 5.82 Å². The highest BCUT2D eigenvalue weighted by molar-refractivity contribution is 5.32. The zero-order valence-electron chi connectivity index (χ0n) is 9.25. The molecule has 3 nitrogen and oxygen atoms in total. The van der Waals surface area contributed by atoms with Crippen molar-refractivity contribution in [1.82, 2.24) is 9.97 Å². The molecule has 0 bridgehead atoms. The molecule has 0 unspecified atom stereocenters. The van der Waals surface area contributed by atoms with E-state index >= 15 is 0 Å². The average Bonchev–Trinajstić information content (AvgIpc) is 2.26. The van der Waals surface area contributed by atoms with Crippen LogP contribution in [0.15, 0.2) is 12.4 Å². The number of nitrogens with one attached hydrogen (secondary N) is 1. The molecule has 0 amide bonds. The second-order valence-corrected chi connectivity index (χ2v) is 3.40. The molecule has 1 aromatic heterocycles. The van der Waals surface area contributed by atoms with E-state index in [2.05, 4.69) is 36.1 Å². The standard InChI is InChI=1S/C11H19N3/c1-4-9(5-2)14-11-8-12-10(6-3)7-13-11/h7-9H,4-6H2,1-3H3,(H,13,14). The molecule has 1 heterocycles. The van der Waals surface area contributed by atoms with Crippen LogP contribution in [-0.2, 0) is 6.42 Å². The Morgan fingerprint density at radius 3 is 2.29 bits per heavy atom. The Balaban J connectivity index is 2.58. The molecular formula is C11H19N3. The molecule has 0 aliphatic heterocycles. The minimum atomic E-state index is 0.511. The van der Waals surface area contributed by atoms with Crippen molar-refractivity contribution in [3.05, 3.63) is 18.1 Å². The molecule has 0 saturated carbocycles. The summed E-state index contributed by atoms with van der Waals surface area (Å²) in [6, 6.07) is 0.511. The second kappa shape index (κ2) is 5.58. The lowest BCUT2D eigenvalue weighted by molar-refractivity contribution is 0.667. The third-order valence-corrected chi connectivity index (χ3v) is 2.41. The summed E-state index contributed by atoms with van der Waals surface area (Å²) in [7, 11) is 0. The van der Waals surface area contributed by atoms with Gasteiger partial charge < -0.3 is 5.32 Å². The van der Waals surface area contributed by atoms with Gasteiger partial charge in [-0.3, -0.25) is 4.98 Å². The molecule has 1 rings (SSSR count). The lowest BCUT2D eigenvalue weighted by atomic mass is 10.2. The third-order valence-electron chi connectivity index (χ3n) is 2.41. The number of nitrogens with zero attached hydrogens (tertiary/aromatic N) is 2. The Labute approximate surface area is 86.0 Å². The number of anilines is 1. The van der Waals surface area contributed by atoms with Crippen LogP contribution < -0.4 is 5.32 Å². The van der Waals surface area contributed by atoms with E-state index < -0.39 is 0 Å². The first-order chi connectivity index (χ1) is 6.80. The van der Waals surface area contributed by atoms with E-state index in [0.29, 0.717) is 6.04 Å². The van der Waals surface area contributed by atoms with Gasteiger partial charge in [-0.1, -0.05) is 20.8 Å². The lowest BCUT2D eigenvalue weighted by Gasteiger charge is -2.14. The van der Waals surface area contributed by atoms with E-state index in [1.807, 2.05) is 12.4 Å². The van der Waals surface area contributed by atoms with Crippen molar-refractivity contribution in [2.75, 3.05) is 5.32 Å². The Morgan fingerprint density at radius 1 is 1.14 bits per heavy atom. The molecule has 0 aliphatic carbocycles. The van der Waals surface area contributed by atoms with Crippen LogP contribution in [0.25, 0.3) is 0 Å². The molecule has 0 saturated heterocycles. The minimum absolute atomic E-state index is 0.511. The maximum atomic E-state index is 4.31. The molecule has 0 aliphatic rings. The van der Waals surface area contributed by atoms with Crippen molar-refractivity contribution < 1.29 is 0 Å². The van der Waals surface area contributed by atoms with Gasteiger partial charge in [0.25, 0.3) is 0 Å². The highest BCUT2D eigenvalue weighted by Gasteiger charge is 2.03. The summed E-state index contributed by atoms with van der Waals surface area (Å²) in [5.74, 6) is 0.885. The Bertz CT molecular complexity index is 252. The monoisotopic (exact) mass is 193 g/mol. The zero-order valence-corrected chi connectivity index (χ0v) is 9.25. The summed E-state index contributed by atoms with van der Waals surface area (Å²) in [4.78, 5) is 8.61. The van der Waals surface area contributed by atoms with Crippen molar-refractivity contribution in [1.29, 1.82) is 0 Å². The molecule has 1 aromatic rings. The average molecular weight is 193 g/mol. The summed E-state index contributed by atoms with van der Waals surface area (Å²) >= 11 is 0. The van der Waals surface area contributed by atoms with Crippen LogP contribution in [-0.4, -0.2) is 16.0 Å². The molecule has 1 N–H and O–H groups in total. The van der Waals surface area contributed by atoms with Gasteiger partial charge in [-0.05, 0) is 19.3 Å². The van der Waals surface area contributed by atoms with Gasteiger partial charge in [-0.15, -0.1) is 0 Å². The van der Waals surface area contributed by atoms with Crippen LogP contribution in [0.5, 0.6) is 0 Å². The summed E-state index contributed by atoms with van der Waals surface area (Å²) in [6.45, 7) is 6.43. The summed E-state index contributed by atoms with van der Waals surface area (Å²) < 4.78 is 0. The molecule has 0 spiro atoms. The van der Waals surface area contributed by atoms with Crippen LogP contribution >= 0.6 is 0 Å². The Hall–Kier alpha value is -1.12. The normalized spacial score (nSPS) is 10.6. The van der Waals surface area contributed by atoms with Crippen molar-refractivity contribution in [2.24, 2.45) is 0 Å². The van der Waals surface area contributed by atoms with Gasteiger partial charge >= 0.3 is 0 Å². The summed E-state index contributed by atoms with van der Waals surface area (Å²) in [5, 5.41) is 3.36. The largest absolute Gasteiger partial charge is 0.366 e. The van der Waals surface area contributed by atoms with Gasteiger partial charge in [0.2, 0.25) is 0 Å². The maximum Gasteiger partial charge on any atom is 0.144 e. The number of aryl methyl sites for hydroxylation is 1. The number of hydrogen-bond donors (Lipinski definition) is 1. The molecule has 0 atom stereocenters. The van der Waals surface area contributed by atoms with E-state index in [0.717, 1.165) is 30.8 Å². The smallest absolute Gasteiger partial charge is 0.144 e. The molecule has 0 fully saturated rings. The SMILES string of the molecule is CCc1cnc(NC(CC)CC)cn1. The van der Waals surface area contributed by atoms with Crippen LogP contribution in [0.3, 0.4) is 0 Å². The highest BCUT2D eigenvalue weighted by atomic mass is 15.0. The molecule has 0 radical (unpaired) electrons. The first-order valence-corrected chi connectivity index (χ1v) is 5.37. The van der Waals surface area contributed by atoms with Crippen LogP contribution in [0.1, 0.15) is 39.3 Å². The van der Waals surface area contributed by atoms with E-state index in [1.165, 1.54) is 0 Å². The van der Waals surface area contributed by atoms with Crippen molar-refractivity contribution in [3.8, 4) is 0 Å². The third kappa shape index (κ3) is 2.98. The molecule has 0 aromatic carbocycles. The lowest BCUT2D eigenvalue weighted by Crippen LogP contribution is -2.17. The molecule has 3 heteroatoms. The Morgan fingerprint density at radius 2 is 1.86 bits per heavy atom.